The molecule has 1 aliphatic carbocycles. The van der Waals surface area contributed by atoms with E-state index in [2.05, 4.69) is 248 Å². The lowest BCUT2D eigenvalue weighted by Gasteiger charge is -2.00. The molecule has 0 saturated carbocycles. The van der Waals surface area contributed by atoms with E-state index in [9.17, 15) is 0 Å². The van der Waals surface area contributed by atoms with Gasteiger partial charge >= 0.3 is 0 Å². The second kappa shape index (κ2) is 48.7. The zero-order valence-electron chi connectivity index (χ0n) is 69.0. The van der Waals surface area contributed by atoms with Crippen molar-refractivity contribution in [2.75, 3.05) is 0 Å². The minimum atomic E-state index is 0.345. The number of imidazole rings is 2. The largest absolute Gasteiger partial charge is 0.451 e. The van der Waals surface area contributed by atoms with E-state index < -0.39 is 0 Å². The third kappa shape index (κ3) is 32.8. The molecule has 0 unspecified atom stereocenters. The fraction of sp³-hybridized carbons (Fsp3) is 0.494. The summed E-state index contributed by atoms with van der Waals surface area (Å²) in [6, 6.07) is 7.95. The first kappa shape index (κ1) is 90.9. The SMILES string of the molecule is CC(C)c1cccs1.CC(C)c1cn2ccncc2n1.CC(C)c1cnon1.CC(C)c1cocn1.CC(C)c1n[nH]c2c1CCC2.CC(C)c1nc2ncccn2n1.CC(C)c1nc2ncccn2n1.CC(C)c1ncc[nH]1.CC(C)c1nccs1.CC(C)c1ncno1.CC(C)c1ncon1.CC(C)c1nnco1. The highest BCUT2D eigenvalue weighted by atomic mass is 32.1. The maximum Gasteiger partial charge on any atom is 0.252 e. The van der Waals surface area contributed by atoms with Gasteiger partial charge in [0.05, 0.1) is 34.5 Å². The van der Waals surface area contributed by atoms with Gasteiger partial charge in [-0.3, -0.25) is 10.1 Å². The number of aromatic nitrogens is 25. The Kier molecular flexibility index (Phi) is 39.9. The number of nitrogens with one attached hydrogen (secondary N) is 2. The van der Waals surface area contributed by atoms with Gasteiger partial charge in [-0.25, -0.2) is 43.6 Å². The van der Waals surface area contributed by atoms with Crippen molar-refractivity contribution in [1.82, 2.24) is 124 Å². The van der Waals surface area contributed by atoms with Gasteiger partial charge in [-0.05, 0) is 72.1 Å². The van der Waals surface area contributed by atoms with Crippen LogP contribution in [0.25, 0.3) is 17.2 Å². The topological polar surface area (TPSA) is 368 Å². The van der Waals surface area contributed by atoms with Crippen molar-refractivity contribution < 1.29 is 22.5 Å². The zero-order chi connectivity index (χ0) is 81.4. The molecule has 0 aromatic carbocycles. The van der Waals surface area contributed by atoms with Crippen LogP contribution in [0.1, 0.15) is 323 Å². The summed E-state index contributed by atoms with van der Waals surface area (Å²) in [5.41, 5.74) is 8.13. The van der Waals surface area contributed by atoms with Gasteiger partial charge in [0.15, 0.2) is 35.8 Å². The van der Waals surface area contributed by atoms with E-state index >= 15 is 0 Å². The average Bonchev–Trinajstić information content (AvgIpc) is 1.70. The number of oxazole rings is 1. The molecule has 2 N–H and O–H groups in total. The smallest absolute Gasteiger partial charge is 0.252 e. The van der Waals surface area contributed by atoms with E-state index in [1.165, 1.54) is 71.6 Å². The maximum atomic E-state index is 4.87. The van der Waals surface area contributed by atoms with Crippen molar-refractivity contribution in [2.24, 2.45) is 0 Å². The Balaban J connectivity index is 0.000000218. The second-order valence-electron chi connectivity index (χ2n) is 28.9. The summed E-state index contributed by atoms with van der Waals surface area (Å²) in [5, 5.41) is 42.7. The lowest BCUT2D eigenvalue weighted by molar-refractivity contribution is 0.302. The molecule has 16 rings (SSSR count). The number of hydrogen-bond acceptors (Lipinski definition) is 27. The summed E-state index contributed by atoms with van der Waals surface area (Å²) in [5.74, 6) is 11.8. The van der Waals surface area contributed by atoms with Crippen molar-refractivity contribution in [2.45, 2.75) is 256 Å². The van der Waals surface area contributed by atoms with E-state index in [0.717, 1.165) is 46.0 Å². The zero-order valence-corrected chi connectivity index (χ0v) is 70.6. The Morgan fingerprint density at radius 3 is 1.51 bits per heavy atom. The molecule has 15 heterocycles. The molecule has 0 bridgehead atoms. The van der Waals surface area contributed by atoms with Crippen molar-refractivity contribution in [3.63, 3.8) is 0 Å². The summed E-state index contributed by atoms with van der Waals surface area (Å²) < 4.78 is 28.6. The van der Waals surface area contributed by atoms with E-state index in [1.54, 1.807) is 63.8 Å². The molecule has 0 amide bonds. The van der Waals surface area contributed by atoms with Gasteiger partial charge in [-0.1, -0.05) is 193 Å². The Bertz CT molecular complexity index is 3950. The summed E-state index contributed by atoms with van der Waals surface area (Å²) in [7, 11) is 0. The van der Waals surface area contributed by atoms with Crippen LogP contribution in [0.4, 0.5) is 0 Å². The molecule has 15 aromatic heterocycles. The van der Waals surface area contributed by atoms with Crippen LogP contribution in [0.15, 0.2) is 164 Å². The third-order valence-corrected chi connectivity index (χ3v) is 17.6. The second-order valence-corrected chi connectivity index (χ2v) is 30.8. The van der Waals surface area contributed by atoms with Gasteiger partial charge < -0.3 is 27.3 Å². The Morgan fingerprint density at radius 2 is 1.15 bits per heavy atom. The van der Waals surface area contributed by atoms with Crippen LogP contribution in [-0.2, 0) is 12.8 Å². The van der Waals surface area contributed by atoms with Gasteiger partial charge in [0.25, 0.3) is 11.6 Å². The van der Waals surface area contributed by atoms with E-state index in [-0.39, 0.29) is 0 Å². The first-order valence-electron chi connectivity index (χ1n) is 37.6. The standard InChI is InChI=1S/C9H11N3.C9H14N2.2C8H10N4.C7H10S.C6H10N2.C6H9NO.C6H9NS.4C5H8N2O/c1-7(2)8-6-12-4-3-10-5-9(12)11-8;1-6(2)9-7-4-3-5-8(7)10-11-9;2*1-6(2)7-10-8-9-4-3-5-12(8)11-7;1-6(2)7-4-3-5-8-7;1-5(2)6-7-3-4-8-6;1-5(2)6-3-8-4-7-6;1-5(2)6-7-3-4-8-6;1-4(2)5-7-6-3-8-5;1-4(2)5-6-3-8-7-5;1-4(2)5-6-3-7-8-5;1-4(2)5-3-6-8-7-5/h3-7H,1-2H3;6H,3-5H2,1-2H3,(H,10,11);2*3-6H,1-2H3;3-6H,1-2H3;3-5H,1-2H3,(H,7,8);2*3-5H,1-2H3;4*3-4H,1-2H3. The molecule has 15 aromatic rings. The number of hydrogen-bond donors (Lipinski definition) is 2. The molecule has 0 atom stereocenters. The average molecular weight is 1560 g/mol. The number of nitrogens with zero attached hydrogens (tertiary/aromatic N) is 23. The molecular weight excluding hydrogens is 1440 g/mol. The van der Waals surface area contributed by atoms with Crippen LogP contribution in [0.5, 0.6) is 0 Å². The number of rotatable bonds is 12. The highest BCUT2D eigenvalue weighted by Crippen LogP contribution is 2.27. The molecular formula is C79H115N25O5S2. The first-order chi connectivity index (χ1) is 53.0. The Labute approximate surface area is 659 Å². The van der Waals surface area contributed by atoms with Gasteiger partial charge in [0.1, 0.15) is 17.8 Å². The highest BCUT2D eigenvalue weighted by Gasteiger charge is 2.20. The maximum absolute atomic E-state index is 4.87. The summed E-state index contributed by atoms with van der Waals surface area (Å²) in [6.07, 6.45) is 32.7. The van der Waals surface area contributed by atoms with Crippen molar-refractivity contribution in [3.05, 3.63) is 220 Å². The van der Waals surface area contributed by atoms with E-state index in [0.29, 0.717) is 94.4 Å². The lowest BCUT2D eigenvalue weighted by atomic mass is 10.1. The van der Waals surface area contributed by atoms with Crippen LogP contribution in [0.3, 0.4) is 0 Å². The quantitative estimate of drug-likeness (QED) is 0.115. The lowest BCUT2D eigenvalue weighted by Crippen LogP contribution is -1.92. The summed E-state index contributed by atoms with van der Waals surface area (Å²) >= 11 is 3.55. The molecule has 0 radical (unpaired) electrons. The predicted molar refractivity (Wildman–Crippen MR) is 433 cm³/mol. The fourth-order valence-corrected chi connectivity index (χ4v) is 10.3. The molecule has 0 spiro atoms. The molecule has 1 aliphatic rings. The first-order valence-corrected chi connectivity index (χ1v) is 39.4. The summed E-state index contributed by atoms with van der Waals surface area (Å²) in [6.45, 7) is 50.2. The van der Waals surface area contributed by atoms with Crippen molar-refractivity contribution >= 4 is 39.9 Å². The van der Waals surface area contributed by atoms with Gasteiger partial charge in [0.2, 0.25) is 24.6 Å². The molecule has 598 valence electrons. The van der Waals surface area contributed by atoms with Gasteiger partial charge in [0, 0.05) is 125 Å². The van der Waals surface area contributed by atoms with Crippen LogP contribution < -0.4 is 0 Å². The third-order valence-electron chi connectivity index (χ3n) is 15.3. The van der Waals surface area contributed by atoms with E-state index in [1.807, 2.05) is 126 Å². The molecule has 32 heteroatoms. The minimum Gasteiger partial charge on any atom is -0.451 e. The summed E-state index contributed by atoms with van der Waals surface area (Å²) in [4.78, 5) is 49.4. The molecule has 30 nitrogen and oxygen atoms in total. The fourth-order valence-electron chi connectivity index (χ4n) is 8.92. The monoisotopic (exact) mass is 1560 g/mol. The van der Waals surface area contributed by atoms with Crippen LogP contribution >= 0.6 is 22.7 Å². The van der Waals surface area contributed by atoms with Crippen LogP contribution in [0, 0.1) is 0 Å². The molecule has 111 heavy (non-hydrogen) atoms. The van der Waals surface area contributed by atoms with Crippen molar-refractivity contribution in [1.29, 1.82) is 0 Å². The van der Waals surface area contributed by atoms with Crippen LogP contribution in [-0.4, -0.2) is 124 Å². The molecule has 0 aliphatic heterocycles. The van der Waals surface area contributed by atoms with Crippen LogP contribution in [0.2, 0.25) is 0 Å². The van der Waals surface area contributed by atoms with Gasteiger partial charge in [-0.15, -0.1) is 43.1 Å². The highest BCUT2D eigenvalue weighted by molar-refractivity contribution is 7.10. The number of aromatic amines is 2. The number of thiazole rings is 1. The Hall–Kier alpha value is -10.8. The van der Waals surface area contributed by atoms with E-state index in [4.69, 9.17) is 13.4 Å². The normalized spacial score (nSPS) is 11.2. The van der Waals surface area contributed by atoms with Crippen molar-refractivity contribution in [3.8, 4) is 0 Å². The number of fused-ring (bicyclic) bond motifs is 4. The predicted octanol–water partition coefficient (Wildman–Crippen LogP) is 19.6. The number of aryl methyl sites for hydroxylation is 1. The van der Waals surface area contributed by atoms with Gasteiger partial charge in [-0.2, -0.15) is 25.0 Å². The number of thiophene rings is 1. The number of H-pyrrole nitrogens is 2. The Morgan fingerprint density at radius 1 is 0.495 bits per heavy atom. The minimum absolute atomic E-state index is 0.345. The molecule has 0 saturated heterocycles. The molecule has 0 fully saturated rings.